The molecule has 1 N–H and O–H groups in total. The average Bonchev–Trinajstić information content (AvgIpc) is 2.14. The minimum Gasteiger partial charge on any atom is -0.436 e. The second kappa shape index (κ2) is 1.92. The molecular weight excluding hydrogens is 110 g/mol. The second-order valence-electron chi connectivity index (χ2n) is 1.38. The lowest BCUT2D eigenvalue weighted by molar-refractivity contribution is 0.112. The first-order valence-corrected chi connectivity index (χ1v) is 2.18. The van der Waals surface area contributed by atoms with Crippen LogP contribution >= 0.6 is 0 Å². The summed E-state index contributed by atoms with van der Waals surface area (Å²) in [5.74, 6) is 0. The Hall–Kier alpha value is -0.900. The van der Waals surface area contributed by atoms with Crippen LogP contribution in [0.1, 0.15) is 0 Å². The van der Waals surface area contributed by atoms with Crippen molar-refractivity contribution in [1.82, 2.24) is 0 Å². The van der Waals surface area contributed by atoms with Crippen LogP contribution in [-0.2, 0) is 4.74 Å². The van der Waals surface area contributed by atoms with Crippen LogP contribution in [0.4, 0.5) is 4.79 Å². The maximum absolute atomic E-state index is 10.1. The van der Waals surface area contributed by atoms with Gasteiger partial charge in [0.25, 0.3) is 0 Å². The number of carbonyl (C=O) groups is 1. The number of rotatable bonds is 1. The second-order valence-corrected chi connectivity index (χ2v) is 1.38. The van der Waals surface area contributed by atoms with Gasteiger partial charge in [0.2, 0.25) is 0 Å². The summed E-state index contributed by atoms with van der Waals surface area (Å²) in [6.07, 6.45) is 0.147. The Morgan fingerprint density at radius 1 is 2.00 bits per heavy atom. The van der Waals surface area contributed by atoms with E-state index in [0.29, 0.717) is 0 Å². The molecule has 0 aromatic carbocycles. The molecule has 0 fully saturated rings. The number of hydrogen-bond donors (Lipinski definition) is 1. The molecule has 1 unspecified atom stereocenters. The number of carbonyl (C=O) groups excluding carboxylic acids is 1. The highest BCUT2D eigenvalue weighted by Gasteiger charge is 2.15. The van der Waals surface area contributed by atoms with Gasteiger partial charge in [-0.3, -0.25) is 0 Å². The molecule has 0 saturated heterocycles. The molecule has 8 heavy (non-hydrogen) atoms. The Morgan fingerprint density at radius 2 is 2.75 bits per heavy atom. The van der Waals surface area contributed by atoms with Crippen LogP contribution < -0.4 is 0 Å². The van der Waals surface area contributed by atoms with E-state index in [-0.39, 0.29) is 6.61 Å². The highest BCUT2D eigenvalue weighted by molar-refractivity contribution is 5.87. The zero-order valence-corrected chi connectivity index (χ0v) is 4.07. The van der Waals surface area contributed by atoms with Gasteiger partial charge in [0.15, 0.2) is 6.10 Å². The summed E-state index contributed by atoms with van der Waals surface area (Å²) in [5, 5.41) is 8.32. The van der Waals surface area contributed by atoms with E-state index >= 15 is 0 Å². The van der Waals surface area contributed by atoms with Crippen molar-refractivity contribution < 1.29 is 14.6 Å². The monoisotopic (exact) mass is 115 g/mol. The van der Waals surface area contributed by atoms with E-state index in [0.717, 1.165) is 0 Å². The van der Waals surface area contributed by atoms with Crippen LogP contribution in [0.5, 0.6) is 0 Å². The zero-order chi connectivity index (χ0) is 5.98. The van der Waals surface area contributed by atoms with E-state index in [1.54, 1.807) is 0 Å². The van der Waals surface area contributed by atoms with Gasteiger partial charge in [0, 0.05) is 0 Å². The highest BCUT2D eigenvalue weighted by Crippen LogP contribution is 1.98. The molecule has 1 amide bonds. The Labute approximate surface area is 45.8 Å². The average molecular weight is 115 g/mol. The predicted octanol–water partition coefficient (Wildman–Crippen LogP) is -0.432. The Kier molecular flexibility index (Phi) is 1.26. The molecule has 4 heteroatoms. The van der Waals surface area contributed by atoms with Gasteiger partial charge in [-0.25, -0.2) is 4.79 Å². The third-order valence-electron chi connectivity index (χ3n) is 0.778. The number of aliphatic imine (C=N–C) groups is 1. The molecule has 0 aromatic heterocycles. The van der Waals surface area contributed by atoms with E-state index in [1.165, 1.54) is 6.21 Å². The van der Waals surface area contributed by atoms with Crippen molar-refractivity contribution >= 4 is 12.3 Å². The molecule has 1 atom stereocenters. The first-order valence-electron chi connectivity index (χ1n) is 2.18. The number of hydrogen-bond acceptors (Lipinski definition) is 3. The van der Waals surface area contributed by atoms with Crippen molar-refractivity contribution in [3.05, 3.63) is 0 Å². The topological polar surface area (TPSA) is 58.9 Å². The van der Waals surface area contributed by atoms with Crippen LogP contribution in [0.15, 0.2) is 4.99 Å². The van der Waals surface area contributed by atoms with Gasteiger partial charge in [0.1, 0.15) is 0 Å². The fraction of sp³-hybridized carbons (Fsp3) is 0.500. The number of cyclic esters (lactones) is 1. The van der Waals surface area contributed by atoms with Crippen molar-refractivity contribution in [3.8, 4) is 0 Å². The lowest BCUT2D eigenvalue weighted by Gasteiger charge is -1.97. The number of aliphatic hydroxyl groups is 1. The summed E-state index contributed by atoms with van der Waals surface area (Å²) in [6.45, 7) is -0.185. The summed E-state index contributed by atoms with van der Waals surface area (Å²) in [6, 6.07) is 0. The molecule has 0 aliphatic carbocycles. The van der Waals surface area contributed by atoms with Crippen LogP contribution in [0.2, 0.25) is 0 Å². The van der Waals surface area contributed by atoms with Gasteiger partial charge in [0.05, 0.1) is 12.8 Å². The van der Waals surface area contributed by atoms with E-state index in [2.05, 4.69) is 9.73 Å². The number of ether oxygens (including phenoxy) is 1. The SMILES string of the molecule is O=C1N=CC(CO)O1. The van der Waals surface area contributed by atoms with Crippen molar-refractivity contribution in [1.29, 1.82) is 0 Å². The van der Waals surface area contributed by atoms with E-state index in [4.69, 9.17) is 5.11 Å². The molecule has 1 heterocycles. The Balaban J connectivity index is 2.46. The third kappa shape index (κ3) is 0.840. The lowest BCUT2D eigenvalue weighted by atomic mass is 10.4. The molecule has 0 saturated carbocycles. The van der Waals surface area contributed by atoms with Crippen molar-refractivity contribution in [3.63, 3.8) is 0 Å². The molecule has 0 spiro atoms. The van der Waals surface area contributed by atoms with Crippen LogP contribution in [0.25, 0.3) is 0 Å². The van der Waals surface area contributed by atoms with Gasteiger partial charge in [-0.15, -0.1) is 0 Å². The smallest absolute Gasteiger partial charge is 0.434 e. The molecule has 1 rings (SSSR count). The first-order chi connectivity index (χ1) is 3.83. The number of nitrogens with zero attached hydrogens (tertiary/aromatic N) is 1. The first kappa shape index (κ1) is 5.24. The van der Waals surface area contributed by atoms with Gasteiger partial charge in [-0.1, -0.05) is 0 Å². The lowest BCUT2D eigenvalue weighted by Crippen LogP contribution is -2.14. The van der Waals surface area contributed by atoms with Gasteiger partial charge < -0.3 is 9.84 Å². The number of aliphatic hydroxyl groups excluding tert-OH is 1. The highest BCUT2D eigenvalue weighted by atomic mass is 16.6. The molecule has 44 valence electrons. The Bertz CT molecular complexity index is 131. The molecule has 0 radical (unpaired) electrons. The van der Waals surface area contributed by atoms with Crippen LogP contribution in [-0.4, -0.2) is 30.1 Å². The standard InChI is InChI=1S/C4H5NO3/c6-2-3-1-5-4(7)8-3/h1,3,6H,2H2. The molecule has 0 aromatic rings. The zero-order valence-electron chi connectivity index (χ0n) is 4.07. The largest absolute Gasteiger partial charge is 0.436 e. The maximum atomic E-state index is 10.1. The molecule has 0 bridgehead atoms. The van der Waals surface area contributed by atoms with Crippen molar-refractivity contribution in [2.24, 2.45) is 4.99 Å². The summed E-state index contributed by atoms with van der Waals surface area (Å²) < 4.78 is 4.40. The van der Waals surface area contributed by atoms with E-state index in [9.17, 15) is 4.79 Å². The fourth-order valence-corrected chi connectivity index (χ4v) is 0.419. The molecular formula is C4H5NO3. The molecule has 1 aliphatic rings. The molecule has 1 aliphatic heterocycles. The van der Waals surface area contributed by atoms with E-state index in [1.807, 2.05) is 0 Å². The fourth-order valence-electron chi connectivity index (χ4n) is 0.419. The third-order valence-corrected chi connectivity index (χ3v) is 0.778. The normalized spacial score (nSPS) is 26.1. The van der Waals surface area contributed by atoms with Crippen molar-refractivity contribution in [2.45, 2.75) is 6.10 Å². The summed E-state index contributed by atoms with van der Waals surface area (Å²) in [4.78, 5) is 13.3. The van der Waals surface area contributed by atoms with Gasteiger partial charge in [-0.05, 0) is 0 Å². The van der Waals surface area contributed by atoms with Crippen LogP contribution in [0, 0.1) is 0 Å². The maximum Gasteiger partial charge on any atom is 0.434 e. The molecule has 4 nitrogen and oxygen atoms in total. The summed E-state index contributed by atoms with van der Waals surface area (Å²) in [5.41, 5.74) is 0. The van der Waals surface area contributed by atoms with Crippen LogP contribution in [0.3, 0.4) is 0 Å². The van der Waals surface area contributed by atoms with E-state index < -0.39 is 12.2 Å². The minimum atomic E-state index is -0.621. The van der Waals surface area contributed by atoms with Gasteiger partial charge in [-0.2, -0.15) is 4.99 Å². The van der Waals surface area contributed by atoms with Gasteiger partial charge >= 0.3 is 6.09 Å². The Morgan fingerprint density at radius 3 is 3.00 bits per heavy atom. The number of amides is 1. The summed E-state index contributed by atoms with van der Waals surface area (Å²) >= 11 is 0. The predicted molar refractivity (Wildman–Crippen MR) is 25.8 cm³/mol. The summed E-state index contributed by atoms with van der Waals surface area (Å²) in [7, 11) is 0. The van der Waals surface area contributed by atoms with Crippen molar-refractivity contribution in [2.75, 3.05) is 6.61 Å². The minimum absolute atomic E-state index is 0.185. The quantitative estimate of drug-likeness (QED) is 0.504.